The van der Waals surface area contributed by atoms with Crippen LogP contribution >= 0.6 is 0 Å². The number of nitrogens with two attached hydrogens (primary N) is 2. The van der Waals surface area contributed by atoms with Crippen LogP contribution in [0.1, 0.15) is 35.6 Å². The van der Waals surface area contributed by atoms with Crippen LogP contribution in [0.2, 0.25) is 0 Å². The number of nitrogens with zero attached hydrogens (tertiary/aromatic N) is 4. The van der Waals surface area contributed by atoms with Gasteiger partial charge < -0.3 is 25.9 Å². The molecular formula is C27H32N8O4S. The molecule has 3 atom stereocenters. The smallest absolute Gasteiger partial charge is 0.266 e. The Labute approximate surface area is 234 Å². The summed E-state index contributed by atoms with van der Waals surface area (Å²) < 4.78 is 24.3. The fourth-order valence-corrected chi connectivity index (χ4v) is 4.20. The molecule has 2 aromatic carbocycles. The molecule has 2 aromatic heterocycles. The third-order valence-electron chi connectivity index (χ3n) is 5.51. The van der Waals surface area contributed by atoms with Gasteiger partial charge in [0.2, 0.25) is 5.82 Å². The number of benzene rings is 2. The number of amides is 1. The molecule has 4 rings (SSSR count). The van der Waals surface area contributed by atoms with Gasteiger partial charge in [0.05, 0.1) is 30.6 Å². The van der Waals surface area contributed by atoms with Gasteiger partial charge in [-0.3, -0.25) is 9.52 Å². The van der Waals surface area contributed by atoms with Crippen LogP contribution in [0.15, 0.2) is 60.9 Å². The van der Waals surface area contributed by atoms with Crippen molar-refractivity contribution in [1.82, 2.24) is 29.0 Å². The lowest BCUT2D eigenvalue weighted by Gasteiger charge is -2.22. The molecule has 0 spiro atoms. The second-order valence-corrected chi connectivity index (χ2v) is 9.13. The molecular weight excluding hydrogens is 532 g/mol. The van der Waals surface area contributed by atoms with Gasteiger partial charge in [0, 0.05) is 24.9 Å². The Morgan fingerprint density at radius 3 is 2.50 bits per heavy atom. The zero-order valence-electron chi connectivity index (χ0n) is 22.4. The number of aliphatic hydroxyl groups excluding tert-OH is 1. The molecule has 2 heterocycles. The van der Waals surface area contributed by atoms with E-state index in [0.29, 0.717) is 11.2 Å². The second kappa shape index (κ2) is 14.7. The summed E-state index contributed by atoms with van der Waals surface area (Å²) in [7, 11) is 1.41. The number of carbonyl (C=O) groups excluding carboxylic acids is 1. The zero-order valence-corrected chi connectivity index (χ0v) is 23.2. The predicted molar refractivity (Wildman–Crippen MR) is 155 cm³/mol. The Hall–Kier alpha value is -4.35. The lowest BCUT2D eigenvalue weighted by molar-refractivity contribution is -0.0152. The number of carbonyl (C=O) groups is 1. The highest BCUT2D eigenvalue weighted by Gasteiger charge is 2.22. The van der Waals surface area contributed by atoms with E-state index < -0.39 is 29.3 Å². The van der Waals surface area contributed by atoms with E-state index in [-0.39, 0.29) is 36.0 Å². The molecule has 13 heteroatoms. The minimum absolute atomic E-state index is 0.0353. The Kier molecular flexibility index (Phi) is 11.1. The first-order valence-electron chi connectivity index (χ1n) is 12.4. The summed E-state index contributed by atoms with van der Waals surface area (Å²) in [5.74, 6) is 5.65. The minimum atomic E-state index is -1.95. The number of para-hydroxylation sites is 1. The first kappa shape index (κ1) is 30.2. The predicted octanol–water partition coefficient (Wildman–Crippen LogP) is 1.39. The van der Waals surface area contributed by atoms with Gasteiger partial charge in [0.1, 0.15) is 5.52 Å². The van der Waals surface area contributed by atoms with Crippen molar-refractivity contribution >= 4 is 39.7 Å². The highest BCUT2D eigenvalue weighted by atomic mass is 32.2. The summed E-state index contributed by atoms with van der Waals surface area (Å²) in [6, 6.07) is 15.8. The fraction of sp³-hybridized carbons (Fsp3) is 0.259. The topological polar surface area (TPSA) is 183 Å². The summed E-state index contributed by atoms with van der Waals surface area (Å²) in [5.41, 5.74) is 13.9. The third kappa shape index (κ3) is 7.84. The Morgan fingerprint density at radius 1 is 1.10 bits per heavy atom. The summed E-state index contributed by atoms with van der Waals surface area (Å²) in [5, 5.41) is 10.8. The molecule has 1 amide bonds. The van der Waals surface area contributed by atoms with E-state index in [0.717, 1.165) is 5.56 Å². The average Bonchev–Trinajstić information content (AvgIpc) is 3.37. The monoisotopic (exact) mass is 564 g/mol. The van der Waals surface area contributed by atoms with Crippen LogP contribution in [0.4, 0.5) is 11.5 Å². The van der Waals surface area contributed by atoms with Crippen LogP contribution in [-0.2, 0) is 22.5 Å². The molecule has 4 aromatic rings. The number of hydrogen-bond acceptors (Lipinski definition) is 9. The first-order chi connectivity index (χ1) is 19.4. The maximum absolute atomic E-state index is 12.3. The fourth-order valence-electron chi connectivity index (χ4n) is 3.54. The molecule has 0 radical (unpaired) electrons. The van der Waals surface area contributed by atoms with Gasteiger partial charge in [-0.1, -0.05) is 50.1 Å². The van der Waals surface area contributed by atoms with E-state index in [1.807, 2.05) is 44.2 Å². The van der Waals surface area contributed by atoms with Crippen LogP contribution in [0.5, 0.6) is 0 Å². The van der Waals surface area contributed by atoms with Crippen LogP contribution in [0.3, 0.4) is 0 Å². The molecule has 40 heavy (non-hydrogen) atoms. The lowest BCUT2D eigenvalue weighted by atomic mass is 10.2. The van der Waals surface area contributed by atoms with Crippen molar-refractivity contribution in [2.45, 2.75) is 32.6 Å². The summed E-state index contributed by atoms with van der Waals surface area (Å²) >= 11 is -1.95. The maximum atomic E-state index is 12.3. The molecule has 12 nitrogen and oxygen atoms in total. The molecule has 3 unspecified atom stereocenters. The van der Waals surface area contributed by atoms with Crippen molar-refractivity contribution in [3.8, 4) is 11.8 Å². The Balaban J connectivity index is 0.00000216. The maximum Gasteiger partial charge on any atom is 0.266 e. The molecule has 0 fully saturated rings. The highest BCUT2D eigenvalue weighted by molar-refractivity contribution is 7.81. The van der Waals surface area contributed by atoms with Gasteiger partial charge in [-0.25, -0.2) is 23.9 Å². The molecule has 210 valence electrons. The van der Waals surface area contributed by atoms with Crippen molar-refractivity contribution in [1.29, 1.82) is 0 Å². The average molecular weight is 565 g/mol. The van der Waals surface area contributed by atoms with E-state index in [1.165, 1.54) is 19.5 Å². The molecule has 0 aliphatic rings. The van der Waals surface area contributed by atoms with Crippen LogP contribution in [0.25, 0.3) is 11.2 Å². The number of methoxy groups -OCH3 is 1. The largest absolute Gasteiger partial charge is 0.398 e. The van der Waals surface area contributed by atoms with Crippen molar-refractivity contribution in [3.63, 3.8) is 0 Å². The van der Waals surface area contributed by atoms with Crippen LogP contribution in [0, 0.1) is 11.8 Å². The molecule has 0 aliphatic carbocycles. The normalized spacial score (nSPS) is 12.8. The third-order valence-corrected chi connectivity index (χ3v) is 6.31. The molecule has 7 N–H and O–H groups in total. The zero-order chi connectivity index (χ0) is 29.1. The number of rotatable bonds is 9. The standard InChI is InChI=1S/C25H26N8O4S.C2H6/c1-37-20(13-29-38(36)32-25(35)17-9-5-6-10-18(17)26)19(34)14-33-15-28-22-23(27)30-21(31-24(22)33)12-11-16-7-3-2-4-8-16;1-2/h2-10,15,19-20,29,34H,13-14,26H2,1H3,(H,32,35)(H2,27,30,31);1-2H3. The number of anilines is 2. The van der Waals surface area contributed by atoms with Gasteiger partial charge in [0.15, 0.2) is 22.6 Å². The summed E-state index contributed by atoms with van der Waals surface area (Å²) in [6.07, 6.45) is -0.361. The minimum Gasteiger partial charge on any atom is -0.398 e. The van der Waals surface area contributed by atoms with E-state index in [9.17, 15) is 14.1 Å². The van der Waals surface area contributed by atoms with Crippen molar-refractivity contribution in [3.05, 3.63) is 77.9 Å². The van der Waals surface area contributed by atoms with Crippen molar-refractivity contribution in [2.75, 3.05) is 25.1 Å². The highest BCUT2D eigenvalue weighted by Crippen LogP contribution is 2.17. The van der Waals surface area contributed by atoms with Gasteiger partial charge in [0.25, 0.3) is 5.91 Å². The number of fused-ring (bicyclic) bond motifs is 1. The van der Waals surface area contributed by atoms with E-state index >= 15 is 0 Å². The number of nitrogen functional groups attached to an aromatic ring is 2. The molecule has 0 aliphatic heterocycles. The molecule has 0 saturated carbocycles. The number of imidazole rings is 1. The van der Waals surface area contributed by atoms with E-state index in [2.05, 4.69) is 36.2 Å². The number of aromatic nitrogens is 4. The van der Waals surface area contributed by atoms with Gasteiger partial charge >= 0.3 is 0 Å². The summed E-state index contributed by atoms with van der Waals surface area (Å²) in [6.45, 7) is 4.00. The number of ether oxygens (including phenoxy) is 1. The second-order valence-electron chi connectivity index (χ2n) is 8.09. The van der Waals surface area contributed by atoms with E-state index in [1.54, 1.807) is 22.8 Å². The van der Waals surface area contributed by atoms with Gasteiger partial charge in [-0.2, -0.15) is 0 Å². The number of hydrogen-bond donors (Lipinski definition) is 5. The van der Waals surface area contributed by atoms with Crippen LogP contribution in [-0.4, -0.2) is 60.6 Å². The summed E-state index contributed by atoms with van der Waals surface area (Å²) in [4.78, 5) is 25.2. The Bertz CT molecular complexity index is 1520. The Morgan fingerprint density at radius 2 is 1.80 bits per heavy atom. The van der Waals surface area contributed by atoms with Gasteiger partial charge in [-0.05, 0) is 30.2 Å². The van der Waals surface area contributed by atoms with Crippen molar-refractivity contribution in [2.24, 2.45) is 0 Å². The van der Waals surface area contributed by atoms with E-state index in [4.69, 9.17) is 16.2 Å². The number of aliphatic hydroxyl groups is 1. The van der Waals surface area contributed by atoms with Gasteiger partial charge in [-0.15, -0.1) is 0 Å². The SMILES string of the molecule is CC.COC(CNS(=O)NC(=O)c1ccccc1N)C(O)Cn1cnc2c(N)nc(C#Cc3ccccc3)nc21. The first-order valence-corrected chi connectivity index (χ1v) is 13.6. The molecule has 0 bridgehead atoms. The van der Waals surface area contributed by atoms with Crippen molar-refractivity contribution < 1.29 is 18.8 Å². The quantitative estimate of drug-likeness (QED) is 0.148. The lowest BCUT2D eigenvalue weighted by Crippen LogP contribution is -2.44. The number of nitrogens with one attached hydrogen (secondary N) is 2. The van der Waals surface area contributed by atoms with Crippen LogP contribution < -0.4 is 20.9 Å². The molecule has 0 saturated heterocycles.